The smallest absolute Gasteiger partial charge is 0.199 e. The quantitative estimate of drug-likeness (QED) is 0.776. The minimum atomic E-state index is 0.0101. The topological polar surface area (TPSA) is 58.6 Å². The summed E-state index contributed by atoms with van der Waals surface area (Å²) in [5.41, 5.74) is 0. The Morgan fingerprint density at radius 1 is 1.57 bits per heavy atom. The molecule has 0 radical (unpaired) electrons. The van der Waals surface area contributed by atoms with Crippen molar-refractivity contribution in [1.82, 2.24) is 15.2 Å². The Labute approximate surface area is 85.0 Å². The van der Waals surface area contributed by atoms with Gasteiger partial charge in [0.15, 0.2) is 11.6 Å². The molecule has 0 unspecified atom stereocenters. The molecule has 5 heteroatoms. The monoisotopic (exact) mass is 207 g/mol. The normalized spacial score (nSPS) is 10.3. The molecule has 0 aromatic carbocycles. The Kier molecular flexibility index (Phi) is 2.69. The third-order valence-electron chi connectivity index (χ3n) is 1.86. The molecule has 0 amide bonds. The fourth-order valence-corrected chi connectivity index (χ4v) is 1.86. The van der Waals surface area contributed by atoms with Gasteiger partial charge in [-0.25, -0.2) is 4.98 Å². The van der Waals surface area contributed by atoms with E-state index in [2.05, 4.69) is 15.2 Å². The standard InChI is InChI=1S/C9H9N3OS/c13-8(9-10-6-11-12-9)4-3-7-2-1-5-14-7/h1-2,5-6H,3-4H2,(H,10,11,12). The van der Waals surface area contributed by atoms with Gasteiger partial charge in [0, 0.05) is 11.3 Å². The lowest BCUT2D eigenvalue weighted by molar-refractivity contribution is 0.0973. The summed E-state index contributed by atoms with van der Waals surface area (Å²) in [7, 11) is 0. The van der Waals surface area contributed by atoms with Crippen LogP contribution in [0.3, 0.4) is 0 Å². The lowest BCUT2D eigenvalue weighted by Gasteiger charge is -1.94. The summed E-state index contributed by atoms with van der Waals surface area (Å²) >= 11 is 1.66. The van der Waals surface area contributed by atoms with Crippen molar-refractivity contribution in [2.75, 3.05) is 0 Å². The molecule has 1 N–H and O–H groups in total. The molecule has 0 aliphatic carbocycles. The number of hydrogen-bond acceptors (Lipinski definition) is 4. The summed E-state index contributed by atoms with van der Waals surface area (Å²) < 4.78 is 0. The van der Waals surface area contributed by atoms with Gasteiger partial charge in [0.25, 0.3) is 0 Å². The van der Waals surface area contributed by atoms with Gasteiger partial charge in [-0.2, -0.15) is 5.10 Å². The molecule has 0 atom stereocenters. The van der Waals surface area contributed by atoms with Crippen molar-refractivity contribution in [3.8, 4) is 0 Å². The summed E-state index contributed by atoms with van der Waals surface area (Å²) in [6.07, 6.45) is 2.60. The van der Waals surface area contributed by atoms with Crippen molar-refractivity contribution in [2.24, 2.45) is 0 Å². The second-order valence-electron chi connectivity index (χ2n) is 2.84. The number of nitrogens with one attached hydrogen (secondary N) is 1. The molecule has 0 aliphatic rings. The van der Waals surface area contributed by atoms with Crippen LogP contribution < -0.4 is 0 Å². The highest BCUT2D eigenvalue weighted by molar-refractivity contribution is 7.09. The number of nitrogens with zero attached hydrogens (tertiary/aromatic N) is 2. The zero-order chi connectivity index (χ0) is 9.80. The second kappa shape index (κ2) is 4.15. The van der Waals surface area contributed by atoms with E-state index in [1.807, 2.05) is 17.5 Å². The maximum absolute atomic E-state index is 11.5. The molecule has 0 aliphatic heterocycles. The Morgan fingerprint density at radius 2 is 2.50 bits per heavy atom. The molecular formula is C9H9N3OS. The van der Waals surface area contributed by atoms with Crippen molar-refractivity contribution < 1.29 is 4.79 Å². The van der Waals surface area contributed by atoms with E-state index in [0.717, 1.165) is 6.42 Å². The van der Waals surface area contributed by atoms with Gasteiger partial charge in [0.2, 0.25) is 0 Å². The van der Waals surface area contributed by atoms with Gasteiger partial charge in [-0.05, 0) is 17.9 Å². The first-order chi connectivity index (χ1) is 6.86. The predicted molar refractivity (Wildman–Crippen MR) is 53.4 cm³/mol. The molecule has 2 rings (SSSR count). The molecular weight excluding hydrogens is 198 g/mol. The van der Waals surface area contributed by atoms with Crippen LogP contribution in [0.2, 0.25) is 0 Å². The number of hydrogen-bond donors (Lipinski definition) is 1. The number of thiophene rings is 1. The fourth-order valence-electron chi connectivity index (χ4n) is 1.15. The predicted octanol–water partition coefficient (Wildman–Crippen LogP) is 1.68. The van der Waals surface area contributed by atoms with Gasteiger partial charge in [-0.3, -0.25) is 9.89 Å². The number of Topliss-reactive ketones (excluding diaryl/α,β-unsaturated/α-hetero) is 1. The molecule has 2 aromatic heterocycles. The van der Waals surface area contributed by atoms with Gasteiger partial charge in [0.1, 0.15) is 6.33 Å². The first-order valence-electron chi connectivity index (χ1n) is 4.27. The van der Waals surface area contributed by atoms with E-state index in [0.29, 0.717) is 12.2 Å². The molecule has 72 valence electrons. The number of ketones is 1. The molecule has 0 saturated carbocycles. The van der Waals surface area contributed by atoms with Gasteiger partial charge in [-0.1, -0.05) is 6.07 Å². The lowest BCUT2D eigenvalue weighted by Crippen LogP contribution is -2.02. The van der Waals surface area contributed by atoms with Crippen LogP contribution in [0.25, 0.3) is 0 Å². The van der Waals surface area contributed by atoms with Crippen molar-refractivity contribution in [3.63, 3.8) is 0 Å². The SMILES string of the molecule is O=C(CCc1cccs1)c1ncn[nH]1. The van der Waals surface area contributed by atoms with Crippen LogP contribution in [0.5, 0.6) is 0 Å². The maximum Gasteiger partial charge on any atom is 0.199 e. The molecule has 0 spiro atoms. The van der Waals surface area contributed by atoms with Crippen LogP contribution in [0.15, 0.2) is 23.8 Å². The van der Waals surface area contributed by atoms with Crippen LogP contribution in [0.4, 0.5) is 0 Å². The van der Waals surface area contributed by atoms with Gasteiger partial charge in [0.05, 0.1) is 0 Å². The van der Waals surface area contributed by atoms with Gasteiger partial charge < -0.3 is 0 Å². The number of aromatic nitrogens is 3. The van der Waals surface area contributed by atoms with Crippen molar-refractivity contribution >= 4 is 17.1 Å². The van der Waals surface area contributed by atoms with Gasteiger partial charge >= 0.3 is 0 Å². The van der Waals surface area contributed by atoms with Crippen molar-refractivity contribution in [3.05, 3.63) is 34.5 Å². The van der Waals surface area contributed by atoms with Crippen LogP contribution in [0, 0.1) is 0 Å². The highest BCUT2D eigenvalue weighted by Gasteiger charge is 2.08. The molecule has 14 heavy (non-hydrogen) atoms. The average Bonchev–Trinajstić information content (AvgIpc) is 2.87. The molecule has 2 aromatic rings. The van der Waals surface area contributed by atoms with E-state index >= 15 is 0 Å². The number of rotatable bonds is 4. The zero-order valence-electron chi connectivity index (χ0n) is 7.43. The number of carbonyl (C=O) groups is 1. The highest BCUT2D eigenvalue weighted by atomic mass is 32.1. The maximum atomic E-state index is 11.5. The van der Waals surface area contributed by atoms with Crippen LogP contribution in [0.1, 0.15) is 21.9 Å². The Bertz CT molecular complexity index is 394. The minimum Gasteiger partial charge on any atom is -0.291 e. The number of aromatic amines is 1. The van der Waals surface area contributed by atoms with Crippen LogP contribution in [-0.4, -0.2) is 21.0 Å². The van der Waals surface area contributed by atoms with E-state index in [1.54, 1.807) is 11.3 Å². The molecule has 4 nitrogen and oxygen atoms in total. The second-order valence-corrected chi connectivity index (χ2v) is 3.87. The third-order valence-corrected chi connectivity index (χ3v) is 2.79. The Hall–Kier alpha value is -1.49. The lowest BCUT2D eigenvalue weighted by atomic mass is 10.2. The summed E-state index contributed by atoms with van der Waals surface area (Å²) in [5.74, 6) is 0.359. The zero-order valence-corrected chi connectivity index (χ0v) is 8.25. The van der Waals surface area contributed by atoms with E-state index in [9.17, 15) is 4.79 Å². The summed E-state index contributed by atoms with van der Waals surface area (Å²) in [6.45, 7) is 0. The first kappa shape index (κ1) is 9.08. The largest absolute Gasteiger partial charge is 0.291 e. The third kappa shape index (κ3) is 2.05. The minimum absolute atomic E-state index is 0.0101. The van der Waals surface area contributed by atoms with E-state index in [1.165, 1.54) is 11.2 Å². The first-order valence-corrected chi connectivity index (χ1v) is 5.15. The van der Waals surface area contributed by atoms with Crippen molar-refractivity contribution in [1.29, 1.82) is 0 Å². The average molecular weight is 207 g/mol. The fraction of sp³-hybridized carbons (Fsp3) is 0.222. The van der Waals surface area contributed by atoms with Crippen LogP contribution in [-0.2, 0) is 6.42 Å². The number of H-pyrrole nitrogens is 1. The van der Waals surface area contributed by atoms with Gasteiger partial charge in [-0.15, -0.1) is 11.3 Å². The molecule has 0 fully saturated rings. The Morgan fingerprint density at radius 3 is 3.14 bits per heavy atom. The number of carbonyl (C=O) groups excluding carboxylic acids is 1. The van der Waals surface area contributed by atoms with Crippen molar-refractivity contribution in [2.45, 2.75) is 12.8 Å². The summed E-state index contributed by atoms with van der Waals surface area (Å²) in [4.78, 5) is 16.5. The molecule has 0 bridgehead atoms. The summed E-state index contributed by atoms with van der Waals surface area (Å²) in [5, 5.41) is 8.20. The molecule has 0 saturated heterocycles. The summed E-state index contributed by atoms with van der Waals surface area (Å²) in [6, 6.07) is 4.01. The highest BCUT2D eigenvalue weighted by Crippen LogP contribution is 2.11. The number of aryl methyl sites for hydroxylation is 1. The van der Waals surface area contributed by atoms with E-state index < -0.39 is 0 Å². The Balaban J connectivity index is 1.90. The van der Waals surface area contributed by atoms with E-state index in [-0.39, 0.29) is 5.78 Å². The molecule has 2 heterocycles. The van der Waals surface area contributed by atoms with E-state index in [4.69, 9.17) is 0 Å². The van der Waals surface area contributed by atoms with Crippen LogP contribution >= 0.6 is 11.3 Å².